The molecule has 2 rings (SSSR count). The van der Waals surface area contributed by atoms with E-state index in [0.717, 1.165) is 25.6 Å². The summed E-state index contributed by atoms with van der Waals surface area (Å²) in [5.74, 6) is 0.221. The van der Waals surface area contributed by atoms with E-state index in [9.17, 15) is 8.78 Å². The molecule has 0 spiro atoms. The minimum Gasteiger partial charge on any atom is -0.371 e. The molecule has 2 atom stereocenters. The summed E-state index contributed by atoms with van der Waals surface area (Å²) < 4.78 is 27.2. The van der Waals surface area contributed by atoms with Crippen molar-refractivity contribution < 1.29 is 8.78 Å². The fourth-order valence-corrected chi connectivity index (χ4v) is 2.31. The fourth-order valence-electron chi connectivity index (χ4n) is 2.31. The minimum absolute atomic E-state index is 0.0951. The highest BCUT2D eigenvalue weighted by atomic mass is 19.1. The van der Waals surface area contributed by atoms with E-state index in [1.54, 1.807) is 7.05 Å². The fraction of sp³-hybridized carbons (Fsp3) is 0.615. The number of hydrogen-bond donors (Lipinski definition) is 1. The minimum atomic E-state index is -0.655. The normalized spacial score (nSPS) is 24.2. The topological polar surface area (TPSA) is 28.2 Å². The van der Waals surface area contributed by atoms with Gasteiger partial charge in [0.15, 0.2) is 23.3 Å². The first kappa shape index (κ1) is 13.1. The van der Waals surface area contributed by atoms with Gasteiger partial charge in [0.25, 0.3) is 0 Å². The molecule has 5 heteroatoms. The first-order valence-electron chi connectivity index (χ1n) is 6.31. The molecule has 3 nitrogen and oxygen atoms in total. The maximum atomic E-state index is 13.8. The van der Waals surface area contributed by atoms with E-state index in [0.29, 0.717) is 11.8 Å². The van der Waals surface area contributed by atoms with E-state index in [-0.39, 0.29) is 11.6 Å². The number of halogens is 2. The van der Waals surface area contributed by atoms with E-state index in [1.165, 1.54) is 0 Å². The first-order chi connectivity index (χ1) is 8.52. The molecule has 1 aromatic rings. The van der Waals surface area contributed by atoms with E-state index >= 15 is 0 Å². The van der Waals surface area contributed by atoms with Gasteiger partial charge >= 0.3 is 0 Å². The number of hydrogen-bond acceptors (Lipinski definition) is 3. The first-order valence-corrected chi connectivity index (χ1v) is 6.31. The van der Waals surface area contributed by atoms with Gasteiger partial charge in [-0.05, 0) is 18.3 Å². The number of nitrogens with zero attached hydrogens (tertiary/aromatic N) is 2. The Hall–Kier alpha value is -1.39. The molecule has 2 unspecified atom stereocenters. The summed E-state index contributed by atoms with van der Waals surface area (Å²) >= 11 is 0. The molecule has 1 fully saturated rings. The maximum Gasteiger partial charge on any atom is 0.168 e. The van der Waals surface area contributed by atoms with Gasteiger partial charge in [-0.2, -0.15) is 0 Å². The molecular weight excluding hydrogens is 236 g/mol. The van der Waals surface area contributed by atoms with Gasteiger partial charge in [-0.25, -0.2) is 13.8 Å². The summed E-state index contributed by atoms with van der Waals surface area (Å²) in [6.45, 7) is 5.89. The van der Waals surface area contributed by atoms with Crippen molar-refractivity contribution in [3.8, 4) is 0 Å². The highest BCUT2D eigenvalue weighted by Crippen LogP contribution is 2.29. The second-order valence-electron chi connectivity index (χ2n) is 5.06. The van der Waals surface area contributed by atoms with Crippen LogP contribution in [0, 0.1) is 23.5 Å². The van der Waals surface area contributed by atoms with Crippen LogP contribution in [-0.4, -0.2) is 25.1 Å². The third-order valence-electron chi connectivity index (χ3n) is 3.78. The SMILES string of the molecule is CNc1nc(N2CCC(C)C(C)C2)c(F)cc1F. The van der Waals surface area contributed by atoms with Crippen LogP contribution in [0.4, 0.5) is 20.4 Å². The average molecular weight is 255 g/mol. The molecule has 1 saturated heterocycles. The van der Waals surface area contributed by atoms with E-state index in [2.05, 4.69) is 24.1 Å². The number of rotatable bonds is 2. The monoisotopic (exact) mass is 255 g/mol. The van der Waals surface area contributed by atoms with Gasteiger partial charge in [0, 0.05) is 26.2 Å². The van der Waals surface area contributed by atoms with Crippen LogP contribution in [0.3, 0.4) is 0 Å². The van der Waals surface area contributed by atoms with Crippen LogP contribution < -0.4 is 10.2 Å². The van der Waals surface area contributed by atoms with Crippen molar-refractivity contribution in [1.82, 2.24) is 4.98 Å². The third kappa shape index (κ3) is 2.40. The quantitative estimate of drug-likeness (QED) is 0.880. The van der Waals surface area contributed by atoms with Gasteiger partial charge in [-0.3, -0.25) is 0 Å². The Bertz CT molecular complexity index is 436. The van der Waals surface area contributed by atoms with E-state index in [4.69, 9.17) is 0 Å². The van der Waals surface area contributed by atoms with Crippen molar-refractivity contribution in [3.05, 3.63) is 17.7 Å². The summed E-state index contributed by atoms with van der Waals surface area (Å²) in [6, 6.07) is 0.900. The van der Waals surface area contributed by atoms with Crippen LogP contribution in [0.1, 0.15) is 20.3 Å². The molecule has 1 aromatic heterocycles. The van der Waals surface area contributed by atoms with Gasteiger partial charge in [-0.15, -0.1) is 0 Å². The molecule has 0 bridgehead atoms. The van der Waals surface area contributed by atoms with Gasteiger partial charge in [0.2, 0.25) is 0 Å². The van der Waals surface area contributed by atoms with E-state index in [1.807, 2.05) is 4.90 Å². The lowest BCUT2D eigenvalue weighted by molar-refractivity contribution is 0.321. The predicted octanol–water partition coefficient (Wildman–Crippen LogP) is 2.88. The highest BCUT2D eigenvalue weighted by molar-refractivity contribution is 5.49. The third-order valence-corrected chi connectivity index (χ3v) is 3.78. The zero-order valence-corrected chi connectivity index (χ0v) is 11.0. The molecule has 2 heterocycles. The molecule has 1 aliphatic heterocycles. The summed E-state index contributed by atoms with van der Waals surface area (Å²) in [4.78, 5) is 5.94. The number of nitrogens with one attached hydrogen (secondary N) is 1. The molecule has 0 saturated carbocycles. The van der Waals surface area contributed by atoms with E-state index < -0.39 is 11.6 Å². The van der Waals surface area contributed by atoms with Gasteiger partial charge in [0.1, 0.15) is 0 Å². The Morgan fingerprint density at radius 2 is 2.00 bits per heavy atom. The molecule has 0 radical (unpaired) electrons. The van der Waals surface area contributed by atoms with Crippen LogP contribution in [-0.2, 0) is 0 Å². The lowest BCUT2D eigenvalue weighted by atomic mass is 9.89. The van der Waals surface area contributed by atoms with Gasteiger partial charge in [0.05, 0.1) is 0 Å². The number of pyridine rings is 1. The Morgan fingerprint density at radius 3 is 2.61 bits per heavy atom. The van der Waals surface area contributed by atoms with Crippen LogP contribution in [0.2, 0.25) is 0 Å². The van der Waals surface area contributed by atoms with Crippen molar-refractivity contribution in [2.24, 2.45) is 11.8 Å². The second kappa shape index (κ2) is 5.08. The zero-order chi connectivity index (χ0) is 13.3. The Balaban J connectivity index is 2.28. The summed E-state index contributed by atoms with van der Waals surface area (Å²) in [5.41, 5.74) is 0. The number of piperidine rings is 1. The second-order valence-corrected chi connectivity index (χ2v) is 5.06. The predicted molar refractivity (Wildman–Crippen MR) is 68.9 cm³/mol. The molecule has 1 aliphatic rings. The Kier molecular flexibility index (Phi) is 3.68. The van der Waals surface area contributed by atoms with Crippen LogP contribution in [0.15, 0.2) is 6.07 Å². The lowest BCUT2D eigenvalue weighted by Gasteiger charge is -2.36. The molecule has 100 valence electrons. The molecule has 0 aliphatic carbocycles. The zero-order valence-electron chi connectivity index (χ0n) is 11.0. The summed E-state index contributed by atoms with van der Waals surface area (Å²) in [7, 11) is 1.58. The van der Waals surface area contributed by atoms with Crippen molar-refractivity contribution in [2.75, 3.05) is 30.4 Å². The largest absolute Gasteiger partial charge is 0.371 e. The van der Waals surface area contributed by atoms with Crippen LogP contribution in [0.5, 0.6) is 0 Å². The van der Waals surface area contributed by atoms with Crippen molar-refractivity contribution in [3.63, 3.8) is 0 Å². The Labute approximate surface area is 106 Å². The highest BCUT2D eigenvalue weighted by Gasteiger charge is 2.26. The molecular formula is C13H19F2N3. The number of aromatic nitrogens is 1. The smallest absolute Gasteiger partial charge is 0.168 e. The van der Waals surface area contributed by atoms with Crippen molar-refractivity contribution in [2.45, 2.75) is 20.3 Å². The van der Waals surface area contributed by atoms with Crippen molar-refractivity contribution in [1.29, 1.82) is 0 Å². The van der Waals surface area contributed by atoms with Crippen molar-refractivity contribution >= 4 is 11.6 Å². The molecule has 18 heavy (non-hydrogen) atoms. The molecule has 1 N–H and O–H groups in total. The van der Waals surface area contributed by atoms with Gasteiger partial charge in [-0.1, -0.05) is 13.8 Å². The lowest BCUT2D eigenvalue weighted by Crippen LogP contribution is -2.39. The number of anilines is 2. The standard InChI is InChI=1S/C13H19F2N3/c1-8-4-5-18(7-9(8)2)13-11(15)6-10(14)12(16-3)17-13/h6,8-9H,4-5,7H2,1-3H3,(H,16,17). The Morgan fingerprint density at radius 1 is 1.28 bits per heavy atom. The van der Waals surface area contributed by atoms with Crippen LogP contribution in [0.25, 0.3) is 0 Å². The maximum absolute atomic E-state index is 13.8. The van der Waals surface area contributed by atoms with Gasteiger partial charge < -0.3 is 10.2 Å². The molecule has 0 amide bonds. The summed E-state index contributed by atoms with van der Waals surface area (Å²) in [5, 5.41) is 2.64. The van der Waals surface area contributed by atoms with Crippen LogP contribution >= 0.6 is 0 Å². The summed E-state index contributed by atoms with van der Waals surface area (Å²) in [6.07, 6.45) is 1.01. The average Bonchev–Trinajstić information content (AvgIpc) is 2.33. The molecule has 0 aromatic carbocycles.